The van der Waals surface area contributed by atoms with Gasteiger partial charge in [0, 0.05) is 0 Å². The third kappa shape index (κ3) is 3.83. The van der Waals surface area contributed by atoms with Crippen LogP contribution in [0.1, 0.15) is 50.7 Å². The van der Waals surface area contributed by atoms with Crippen LogP contribution in [0.2, 0.25) is 0 Å². The summed E-state index contributed by atoms with van der Waals surface area (Å²) < 4.78 is 0. The van der Waals surface area contributed by atoms with Gasteiger partial charge in [0.25, 0.3) is 0 Å². The molecule has 1 aromatic carbocycles. The van der Waals surface area contributed by atoms with Crippen molar-refractivity contribution in [2.75, 3.05) is 0 Å². The topological polar surface area (TPSA) is 0 Å². The Bertz CT molecular complexity index is 461. The summed E-state index contributed by atoms with van der Waals surface area (Å²) in [6, 6.07) is 9.02. The summed E-state index contributed by atoms with van der Waals surface area (Å²) in [6.45, 7) is 9.09. The largest absolute Gasteiger partial charge is 0.0810 e. The maximum atomic E-state index is 2.40. The van der Waals surface area contributed by atoms with Gasteiger partial charge in [0.15, 0.2) is 0 Å². The zero-order valence-corrected chi connectivity index (χ0v) is 12.7. The second-order valence-corrected chi connectivity index (χ2v) is 6.23. The average Bonchev–Trinajstić information content (AvgIpc) is 2.40. The molecule has 0 saturated heterocycles. The Morgan fingerprint density at radius 1 is 1.11 bits per heavy atom. The fourth-order valence-corrected chi connectivity index (χ4v) is 2.93. The van der Waals surface area contributed by atoms with Crippen LogP contribution in [0.4, 0.5) is 0 Å². The van der Waals surface area contributed by atoms with E-state index >= 15 is 0 Å². The SMILES string of the molecule is CC1=CCC(C(C)CC(C)c2ccc(C)cc2)C=C1. The number of aryl methyl sites for hydroxylation is 1. The van der Waals surface area contributed by atoms with Gasteiger partial charge in [0.05, 0.1) is 0 Å². The third-order valence-electron chi connectivity index (χ3n) is 4.42. The summed E-state index contributed by atoms with van der Waals surface area (Å²) in [4.78, 5) is 0. The van der Waals surface area contributed by atoms with E-state index in [1.165, 1.54) is 29.5 Å². The van der Waals surface area contributed by atoms with Gasteiger partial charge in [0.2, 0.25) is 0 Å². The molecular formula is C19H26. The lowest BCUT2D eigenvalue weighted by atomic mass is 9.80. The molecule has 0 radical (unpaired) electrons. The van der Waals surface area contributed by atoms with E-state index in [-0.39, 0.29) is 0 Å². The van der Waals surface area contributed by atoms with E-state index in [1.807, 2.05) is 0 Å². The van der Waals surface area contributed by atoms with Gasteiger partial charge in [-0.3, -0.25) is 0 Å². The summed E-state index contributed by atoms with van der Waals surface area (Å²) in [7, 11) is 0. The number of benzene rings is 1. The summed E-state index contributed by atoms with van der Waals surface area (Å²) in [5.74, 6) is 2.12. The third-order valence-corrected chi connectivity index (χ3v) is 4.42. The van der Waals surface area contributed by atoms with Crippen molar-refractivity contribution in [3.05, 3.63) is 59.2 Å². The fraction of sp³-hybridized carbons (Fsp3) is 0.474. The van der Waals surface area contributed by atoms with Gasteiger partial charge in [-0.05, 0) is 50.0 Å². The van der Waals surface area contributed by atoms with Crippen molar-refractivity contribution in [2.45, 2.75) is 46.5 Å². The number of hydrogen-bond acceptors (Lipinski definition) is 0. The highest BCUT2D eigenvalue weighted by molar-refractivity contribution is 5.25. The molecule has 0 heterocycles. The number of rotatable bonds is 4. The first kappa shape index (κ1) is 14.1. The van der Waals surface area contributed by atoms with Crippen molar-refractivity contribution in [3.8, 4) is 0 Å². The van der Waals surface area contributed by atoms with Crippen molar-refractivity contribution in [1.29, 1.82) is 0 Å². The van der Waals surface area contributed by atoms with E-state index in [0.717, 1.165) is 11.8 Å². The second-order valence-electron chi connectivity index (χ2n) is 6.23. The molecule has 1 aliphatic carbocycles. The van der Waals surface area contributed by atoms with E-state index in [4.69, 9.17) is 0 Å². The quantitative estimate of drug-likeness (QED) is 0.651. The van der Waals surface area contributed by atoms with Crippen molar-refractivity contribution in [3.63, 3.8) is 0 Å². The van der Waals surface area contributed by atoms with Crippen LogP contribution in [0.25, 0.3) is 0 Å². The van der Waals surface area contributed by atoms with Crippen LogP contribution in [-0.2, 0) is 0 Å². The van der Waals surface area contributed by atoms with Gasteiger partial charge in [-0.15, -0.1) is 0 Å². The zero-order chi connectivity index (χ0) is 13.8. The Morgan fingerprint density at radius 2 is 1.79 bits per heavy atom. The molecule has 3 atom stereocenters. The molecule has 0 aliphatic heterocycles. The lowest BCUT2D eigenvalue weighted by Crippen LogP contribution is -2.13. The maximum Gasteiger partial charge on any atom is -0.0170 e. The minimum Gasteiger partial charge on any atom is -0.0810 e. The minimum atomic E-state index is 0.649. The van der Waals surface area contributed by atoms with Crippen molar-refractivity contribution < 1.29 is 0 Å². The molecule has 1 aromatic rings. The average molecular weight is 254 g/mol. The predicted octanol–water partition coefficient (Wildman–Crippen LogP) is 5.65. The van der Waals surface area contributed by atoms with Crippen LogP contribution >= 0.6 is 0 Å². The molecule has 0 heteroatoms. The van der Waals surface area contributed by atoms with E-state index in [2.05, 4.69) is 70.2 Å². The Morgan fingerprint density at radius 3 is 2.37 bits per heavy atom. The first-order chi connectivity index (χ1) is 9.06. The van der Waals surface area contributed by atoms with Gasteiger partial charge < -0.3 is 0 Å². The van der Waals surface area contributed by atoms with Crippen molar-refractivity contribution >= 4 is 0 Å². The summed E-state index contributed by atoms with van der Waals surface area (Å²) in [5, 5.41) is 0. The second kappa shape index (κ2) is 6.23. The highest BCUT2D eigenvalue weighted by atomic mass is 14.2. The van der Waals surface area contributed by atoms with Crippen LogP contribution in [0.5, 0.6) is 0 Å². The van der Waals surface area contributed by atoms with E-state index in [0.29, 0.717) is 5.92 Å². The maximum absolute atomic E-state index is 2.40. The van der Waals surface area contributed by atoms with E-state index in [1.54, 1.807) is 0 Å². The normalized spacial score (nSPS) is 21.9. The van der Waals surface area contributed by atoms with Crippen LogP contribution in [0.3, 0.4) is 0 Å². The molecule has 0 fully saturated rings. The lowest BCUT2D eigenvalue weighted by Gasteiger charge is -2.25. The predicted molar refractivity (Wildman–Crippen MR) is 84.4 cm³/mol. The highest BCUT2D eigenvalue weighted by Gasteiger charge is 2.18. The first-order valence-electron chi connectivity index (χ1n) is 7.48. The van der Waals surface area contributed by atoms with Gasteiger partial charge in [-0.25, -0.2) is 0 Å². The molecule has 2 rings (SSSR count). The molecule has 0 amide bonds. The summed E-state index contributed by atoms with van der Waals surface area (Å²) >= 11 is 0. The zero-order valence-electron chi connectivity index (χ0n) is 12.7. The van der Waals surface area contributed by atoms with Crippen LogP contribution < -0.4 is 0 Å². The molecule has 0 N–H and O–H groups in total. The minimum absolute atomic E-state index is 0.649. The first-order valence-corrected chi connectivity index (χ1v) is 7.48. The molecule has 102 valence electrons. The molecule has 19 heavy (non-hydrogen) atoms. The van der Waals surface area contributed by atoms with Crippen LogP contribution in [-0.4, -0.2) is 0 Å². The molecule has 0 nitrogen and oxygen atoms in total. The van der Waals surface area contributed by atoms with Crippen LogP contribution in [0, 0.1) is 18.8 Å². The monoisotopic (exact) mass is 254 g/mol. The Hall–Kier alpha value is -1.30. The van der Waals surface area contributed by atoms with E-state index < -0.39 is 0 Å². The standard InChI is InChI=1S/C19H26/c1-14-5-9-18(10-6-14)16(3)13-17(4)19-11-7-15(2)8-12-19/h5-11,16-17,19H,12-13H2,1-4H3. The fourth-order valence-electron chi connectivity index (χ4n) is 2.93. The Kier molecular flexibility index (Phi) is 4.63. The Labute approximate surface area is 118 Å². The summed E-state index contributed by atoms with van der Waals surface area (Å²) in [6.07, 6.45) is 9.54. The van der Waals surface area contributed by atoms with Gasteiger partial charge in [-0.1, -0.05) is 67.5 Å². The number of hydrogen-bond donors (Lipinski definition) is 0. The van der Waals surface area contributed by atoms with E-state index in [9.17, 15) is 0 Å². The molecule has 0 saturated carbocycles. The lowest BCUT2D eigenvalue weighted by molar-refractivity contribution is 0.376. The summed E-state index contributed by atoms with van der Waals surface area (Å²) in [5.41, 5.74) is 4.24. The van der Waals surface area contributed by atoms with Crippen molar-refractivity contribution in [1.82, 2.24) is 0 Å². The Balaban J connectivity index is 1.93. The number of allylic oxidation sites excluding steroid dienone is 4. The molecule has 1 aliphatic rings. The molecule has 0 spiro atoms. The molecule has 0 bridgehead atoms. The molecular weight excluding hydrogens is 228 g/mol. The van der Waals surface area contributed by atoms with Gasteiger partial charge in [0.1, 0.15) is 0 Å². The van der Waals surface area contributed by atoms with Gasteiger partial charge >= 0.3 is 0 Å². The highest BCUT2D eigenvalue weighted by Crippen LogP contribution is 2.31. The van der Waals surface area contributed by atoms with Crippen molar-refractivity contribution in [2.24, 2.45) is 11.8 Å². The smallest absolute Gasteiger partial charge is 0.0170 e. The molecule has 3 unspecified atom stereocenters. The molecule has 0 aromatic heterocycles. The van der Waals surface area contributed by atoms with Gasteiger partial charge in [-0.2, -0.15) is 0 Å². The van der Waals surface area contributed by atoms with Crippen LogP contribution in [0.15, 0.2) is 48.1 Å².